The molecule has 1 heterocycles. The van der Waals surface area contributed by atoms with Gasteiger partial charge >= 0.3 is 0 Å². The fourth-order valence-corrected chi connectivity index (χ4v) is 3.42. The zero-order valence-electron chi connectivity index (χ0n) is 12.1. The van der Waals surface area contributed by atoms with E-state index < -0.39 is 0 Å². The molecule has 0 saturated heterocycles. The highest BCUT2D eigenvalue weighted by atomic mass is 16.1. The summed E-state index contributed by atoms with van der Waals surface area (Å²) in [6.45, 7) is 1.89. The summed E-state index contributed by atoms with van der Waals surface area (Å²) in [6.07, 6.45) is 7.92. The number of nitrogens with zero attached hydrogens (tertiary/aromatic N) is 1. The molecule has 3 rings (SSSR count). The van der Waals surface area contributed by atoms with E-state index in [0.717, 1.165) is 32.4 Å². The number of carbonyl (C=O) groups excluding carboxylic acids is 1. The molecule has 1 aromatic rings. The van der Waals surface area contributed by atoms with Gasteiger partial charge < -0.3 is 10.2 Å². The number of rotatable bonds is 4. The Balaban J connectivity index is 1.46. The lowest BCUT2D eigenvalue weighted by atomic mass is 9.95. The van der Waals surface area contributed by atoms with Crippen molar-refractivity contribution in [3.63, 3.8) is 0 Å². The van der Waals surface area contributed by atoms with Crippen molar-refractivity contribution in [3.8, 4) is 0 Å². The normalized spacial score (nSPS) is 18.9. The number of anilines is 1. The summed E-state index contributed by atoms with van der Waals surface area (Å²) >= 11 is 0. The first kappa shape index (κ1) is 13.5. The fraction of sp³-hybridized carbons (Fsp3) is 0.588. The Kier molecular flexibility index (Phi) is 4.24. The number of hydrogen-bond acceptors (Lipinski definition) is 2. The molecule has 3 nitrogen and oxygen atoms in total. The van der Waals surface area contributed by atoms with Gasteiger partial charge in [0.25, 0.3) is 0 Å². The third kappa shape index (κ3) is 3.14. The molecular formula is C17H24N2O. The topological polar surface area (TPSA) is 32.3 Å². The lowest BCUT2D eigenvalue weighted by Crippen LogP contribution is -2.38. The van der Waals surface area contributed by atoms with Crippen LogP contribution in [0.15, 0.2) is 24.3 Å². The zero-order chi connectivity index (χ0) is 13.8. The van der Waals surface area contributed by atoms with Gasteiger partial charge in [-0.2, -0.15) is 0 Å². The number of benzene rings is 1. The average Bonchev–Trinajstić information content (AvgIpc) is 2.89. The van der Waals surface area contributed by atoms with E-state index in [-0.39, 0.29) is 5.91 Å². The molecule has 0 atom stereocenters. The minimum atomic E-state index is 0.223. The molecule has 1 saturated carbocycles. The molecule has 0 aromatic heterocycles. The lowest BCUT2D eigenvalue weighted by molar-refractivity contribution is -0.121. The van der Waals surface area contributed by atoms with Crippen LogP contribution < -0.4 is 10.2 Å². The van der Waals surface area contributed by atoms with Crippen LogP contribution in [0.25, 0.3) is 0 Å². The van der Waals surface area contributed by atoms with Crippen molar-refractivity contribution in [1.82, 2.24) is 5.32 Å². The molecule has 0 unspecified atom stereocenters. The smallest absolute Gasteiger partial charge is 0.221 e. The summed E-state index contributed by atoms with van der Waals surface area (Å²) in [5.74, 6) is 0.223. The Hall–Kier alpha value is -1.51. The van der Waals surface area contributed by atoms with Crippen LogP contribution in [0.2, 0.25) is 0 Å². The minimum absolute atomic E-state index is 0.223. The molecule has 1 fully saturated rings. The average molecular weight is 272 g/mol. The Morgan fingerprint density at radius 3 is 2.85 bits per heavy atom. The Labute approximate surface area is 121 Å². The van der Waals surface area contributed by atoms with E-state index in [2.05, 4.69) is 34.5 Å². The van der Waals surface area contributed by atoms with Crippen LogP contribution in [-0.2, 0) is 11.2 Å². The second-order valence-corrected chi connectivity index (χ2v) is 6.02. The van der Waals surface area contributed by atoms with E-state index in [1.807, 2.05) is 0 Å². The maximum absolute atomic E-state index is 12.0. The van der Waals surface area contributed by atoms with Gasteiger partial charge in [0.2, 0.25) is 5.91 Å². The van der Waals surface area contributed by atoms with Crippen molar-refractivity contribution in [2.75, 3.05) is 18.0 Å². The SMILES string of the molecule is O=C(CCN1CCc2ccccc21)NC1CCCCC1. The number of para-hydroxylation sites is 1. The predicted octanol–water partition coefficient (Wildman–Crippen LogP) is 2.89. The van der Waals surface area contributed by atoms with Crippen LogP contribution in [0.5, 0.6) is 0 Å². The van der Waals surface area contributed by atoms with Crippen molar-refractivity contribution >= 4 is 11.6 Å². The molecule has 2 aliphatic rings. The quantitative estimate of drug-likeness (QED) is 0.914. The fourth-order valence-electron chi connectivity index (χ4n) is 3.42. The molecule has 1 N–H and O–H groups in total. The van der Waals surface area contributed by atoms with Crippen LogP contribution in [-0.4, -0.2) is 25.0 Å². The van der Waals surface area contributed by atoms with Crippen LogP contribution >= 0.6 is 0 Å². The highest BCUT2D eigenvalue weighted by Gasteiger charge is 2.20. The summed E-state index contributed by atoms with van der Waals surface area (Å²) in [5.41, 5.74) is 2.73. The van der Waals surface area contributed by atoms with Crippen molar-refractivity contribution in [3.05, 3.63) is 29.8 Å². The highest BCUT2D eigenvalue weighted by molar-refractivity contribution is 5.77. The summed E-state index contributed by atoms with van der Waals surface area (Å²) in [6, 6.07) is 8.97. The second-order valence-electron chi connectivity index (χ2n) is 6.02. The lowest BCUT2D eigenvalue weighted by Gasteiger charge is -2.24. The van der Waals surface area contributed by atoms with E-state index in [1.165, 1.54) is 30.5 Å². The second kappa shape index (κ2) is 6.29. The molecule has 0 bridgehead atoms. The molecule has 1 aliphatic heterocycles. The Bertz CT molecular complexity index is 466. The van der Waals surface area contributed by atoms with Gasteiger partial charge in [0.05, 0.1) is 0 Å². The van der Waals surface area contributed by atoms with Gasteiger partial charge in [-0.05, 0) is 30.9 Å². The number of carbonyl (C=O) groups is 1. The van der Waals surface area contributed by atoms with Gasteiger partial charge in [-0.15, -0.1) is 0 Å². The van der Waals surface area contributed by atoms with Crippen molar-refractivity contribution in [2.45, 2.75) is 51.0 Å². The maximum Gasteiger partial charge on any atom is 0.221 e. The molecule has 1 aliphatic carbocycles. The van der Waals surface area contributed by atoms with Crippen molar-refractivity contribution < 1.29 is 4.79 Å². The van der Waals surface area contributed by atoms with E-state index in [9.17, 15) is 4.79 Å². The molecule has 0 spiro atoms. The Morgan fingerprint density at radius 1 is 1.20 bits per heavy atom. The number of fused-ring (bicyclic) bond motifs is 1. The highest BCUT2D eigenvalue weighted by Crippen LogP contribution is 2.27. The summed E-state index contributed by atoms with van der Waals surface area (Å²) in [4.78, 5) is 14.4. The number of hydrogen-bond donors (Lipinski definition) is 1. The van der Waals surface area contributed by atoms with Crippen LogP contribution in [0.3, 0.4) is 0 Å². The first-order valence-electron chi connectivity index (χ1n) is 7.95. The molecule has 0 radical (unpaired) electrons. The standard InChI is InChI=1S/C17H24N2O/c20-17(18-15-7-2-1-3-8-15)11-13-19-12-10-14-6-4-5-9-16(14)19/h4-6,9,15H,1-3,7-8,10-13H2,(H,18,20). The summed E-state index contributed by atoms with van der Waals surface area (Å²) < 4.78 is 0. The van der Waals surface area contributed by atoms with E-state index in [1.54, 1.807) is 0 Å². The molecule has 20 heavy (non-hydrogen) atoms. The van der Waals surface area contributed by atoms with E-state index >= 15 is 0 Å². The zero-order valence-corrected chi connectivity index (χ0v) is 12.1. The van der Waals surface area contributed by atoms with Gasteiger partial charge in [-0.3, -0.25) is 4.79 Å². The van der Waals surface area contributed by atoms with Crippen molar-refractivity contribution in [2.24, 2.45) is 0 Å². The molecule has 1 amide bonds. The van der Waals surface area contributed by atoms with Gasteiger partial charge in [0, 0.05) is 31.2 Å². The molecule has 108 valence electrons. The third-order valence-electron chi connectivity index (χ3n) is 4.56. The monoisotopic (exact) mass is 272 g/mol. The maximum atomic E-state index is 12.0. The van der Waals surface area contributed by atoms with Gasteiger partial charge in [0.1, 0.15) is 0 Å². The predicted molar refractivity (Wildman–Crippen MR) is 82.0 cm³/mol. The largest absolute Gasteiger partial charge is 0.370 e. The van der Waals surface area contributed by atoms with Crippen LogP contribution in [0.1, 0.15) is 44.1 Å². The number of nitrogens with one attached hydrogen (secondary N) is 1. The first-order valence-corrected chi connectivity index (χ1v) is 7.95. The van der Waals surface area contributed by atoms with Crippen molar-refractivity contribution in [1.29, 1.82) is 0 Å². The summed E-state index contributed by atoms with van der Waals surface area (Å²) in [5, 5.41) is 3.20. The number of amides is 1. The minimum Gasteiger partial charge on any atom is -0.370 e. The van der Waals surface area contributed by atoms with Gasteiger partial charge in [-0.1, -0.05) is 37.5 Å². The Morgan fingerprint density at radius 2 is 2.00 bits per heavy atom. The van der Waals surface area contributed by atoms with Crippen LogP contribution in [0, 0.1) is 0 Å². The molecular weight excluding hydrogens is 248 g/mol. The molecule has 1 aromatic carbocycles. The third-order valence-corrected chi connectivity index (χ3v) is 4.56. The van der Waals surface area contributed by atoms with Gasteiger partial charge in [0.15, 0.2) is 0 Å². The molecule has 3 heteroatoms. The summed E-state index contributed by atoms with van der Waals surface area (Å²) in [7, 11) is 0. The first-order chi connectivity index (χ1) is 9.83. The van der Waals surface area contributed by atoms with E-state index in [4.69, 9.17) is 0 Å². The van der Waals surface area contributed by atoms with E-state index in [0.29, 0.717) is 12.5 Å². The van der Waals surface area contributed by atoms with Crippen LogP contribution in [0.4, 0.5) is 5.69 Å². The van der Waals surface area contributed by atoms with Gasteiger partial charge in [-0.25, -0.2) is 0 Å².